The average Bonchev–Trinajstić information content (AvgIpc) is 1.96. The Labute approximate surface area is 70.0 Å². The predicted molar refractivity (Wildman–Crippen MR) is 42.5 cm³/mol. The standard InChI is InChI=1S/C9H10F2O/c1-6-3-7(2)9(12-5-10)8(11)4-6/h3-4H,5H2,1-2H3. The van der Waals surface area contributed by atoms with E-state index in [1.165, 1.54) is 6.07 Å². The van der Waals surface area contributed by atoms with Crippen LogP contribution in [-0.4, -0.2) is 6.86 Å². The summed E-state index contributed by atoms with van der Waals surface area (Å²) in [6.45, 7) is 2.46. The Hall–Kier alpha value is -1.12. The van der Waals surface area contributed by atoms with Crippen molar-refractivity contribution in [1.82, 2.24) is 0 Å². The molecular formula is C9H10F2O. The highest BCUT2D eigenvalue weighted by Gasteiger charge is 2.07. The van der Waals surface area contributed by atoms with Gasteiger partial charge >= 0.3 is 0 Å². The number of ether oxygens (including phenoxy) is 1. The smallest absolute Gasteiger partial charge is 0.228 e. The first-order valence-electron chi connectivity index (χ1n) is 3.60. The minimum atomic E-state index is -0.999. The quantitative estimate of drug-likeness (QED) is 0.666. The monoisotopic (exact) mass is 172 g/mol. The number of rotatable bonds is 2. The summed E-state index contributed by atoms with van der Waals surface area (Å²) in [6.07, 6.45) is 0. The van der Waals surface area contributed by atoms with Crippen molar-refractivity contribution >= 4 is 0 Å². The van der Waals surface area contributed by atoms with Crippen molar-refractivity contribution in [3.8, 4) is 5.75 Å². The molecule has 0 atom stereocenters. The predicted octanol–water partition coefficient (Wildman–Crippen LogP) is 2.75. The molecule has 0 aliphatic heterocycles. The van der Waals surface area contributed by atoms with E-state index in [0.29, 0.717) is 5.56 Å². The Kier molecular flexibility index (Phi) is 2.63. The molecule has 66 valence electrons. The largest absolute Gasteiger partial charge is 0.460 e. The van der Waals surface area contributed by atoms with Crippen LogP contribution in [0.15, 0.2) is 12.1 Å². The number of aryl methyl sites for hydroxylation is 2. The third-order valence-corrected chi connectivity index (χ3v) is 1.57. The van der Waals surface area contributed by atoms with Crippen molar-refractivity contribution < 1.29 is 13.5 Å². The van der Waals surface area contributed by atoms with Gasteiger partial charge < -0.3 is 4.74 Å². The second kappa shape index (κ2) is 3.52. The summed E-state index contributed by atoms with van der Waals surface area (Å²) in [5.74, 6) is -0.506. The van der Waals surface area contributed by atoms with Crippen LogP contribution in [0.2, 0.25) is 0 Å². The van der Waals surface area contributed by atoms with Gasteiger partial charge in [0.2, 0.25) is 6.86 Å². The van der Waals surface area contributed by atoms with Gasteiger partial charge in [-0.05, 0) is 31.0 Å². The summed E-state index contributed by atoms with van der Waals surface area (Å²) in [5, 5.41) is 0. The van der Waals surface area contributed by atoms with Crippen LogP contribution in [0, 0.1) is 19.7 Å². The zero-order valence-corrected chi connectivity index (χ0v) is 7.03. The molecule has 0 aliphatic rings. The molecule has 0 saturated carbocycles. The van der Waals surface area contributed by atoms with Crippen molar-refractivity contribution in [1.29, 1.82) is 0 Å². The molecule has 1 aromatic rings. The van der Waals surface area contributed by atoms with Crippen LogP contribution in [-0.2, 0) is 0 Å². The van der Waals surface area contributed by atoms with Gasteiger partial charge in [0.1, 0.15) is 0 Å². The zero-order chi connectivity index (χ0) is 9.14. The fourth-order valence-corrected chi connectivity index (χ4v) is 1.14. The molecule has 0 fully saturated rings. The van der Waals surface area contributed by atoms with E-state index in [4.69, 9.17) is 0 Å². The summed E-state index contributed by atoms with van der Waals surface area (Å²) in [5.41, 5.74) is 1.42. The zero-order valence-electron chi connectivity index (χ0n) is 7.03. The number of hydrogen-bond acceptors (Lipinski definition) is 1. The molecule has 1 aromatic carbocycles. The Morgan fingerprint density at radius 1 is 1.33 bits per heavy atom. The van der Waals surface area contributed by atoms with Gasteiger partial charge in [0.05, 0.1) is 0 Å². The van der Waals surface area contributed by atoms with Crippen LogP contribution in [0.25, 0.3) is 0 Å². The second-order valence-electron chi connectivity index (χ2n) is 2.65. The lowest BCUT2D eigenvalue weighted by molar-refractivity contribution is 0.183. The van der Waals surface area contributed by atoms with Crippen molar-refractivity contribution in [2.24, 2.45) is 0 Å². The highest BCUT2D eigenvalue weighted by Crippen LogP contribution is 2.23. The molecule has 0 N–H and O–H groups in total. The number of hydrogen-bond donors (Lipinski definition) is 0. The van der Waals surface area contributed by atoms with Gasteiger partial charge in [0.25, 0.3) is 0 Å². The molecule has 0 spiro atoms. The Morgan fingerprint density at radius 3 is 2.50 bits per heavy atom. The third kappa shape index (κ3) is 1.72. The molecule has 0 heterocycles. The summed E-state index contributed by atoms with van der Waals surface area (Å²) in [7, 11) is 0. The maximum absolute atomic E-state index is 13.0. The highest BCUT2D eigenvalue weighted by atomic mass is 19.1. The van der Waals surface area contributed by atoms with Gasteiger partial charge in [0, 0.05) is 0 Å². The maximum atomic E-state index is 13.0. The Balaban J connectivity index is 3.10. The number of benzene rings is 1. The fourth-order valence-electron chi connectivity index (χ4n) is 1.14. The van der Waals surface area contributed by atoms with Gasteiger partial charge in [-0.3, -0.25) is 0 Å². The third-order valence-electron chi connectivity index (χ3n) is 1.57. The highest BCUT2D eigenvalue weighted by molar-refractivity contribution is 5.37. The summed E-state index contributed by atoms with van der Waals surface area (Å²) in [4.78, 5) is 0. The van der Waals surface area contributed by atoms with E-state index in [2.05, 4.69) is 4.74 Å². The van der Waals surface area contributed by atoms with E-state index in [1.54, 1.807) is 19.9 Å². The van der Waals surface area contributed by atoms with Crippen molar-refractivity contribution in [3.63, 3.8) is 0 Å². The molecule has 0 radical (unpaired) electrons. The lowest BCUT2D eigenvalue weighted by atomic mass is 10.1. The Bertz CT molecular complexity index is 261. The molecule has 0 saturated heterocycles. The van der Waals surface area contributed by atoms with Gasteiger partial charge in [-0.1, -0.05) is 6.07 Å². The normalized spacial score (nSPS) is 10.0. The van der Waals surface area contributed by atoms with E-state index in [0.717, 1.165) is 5.56 Å². The fraction of sp³-hybridized carbons (Fsp3) is 0.333. The van der Waals surface area contributed by atoms with E-state index >= 15 is 0 Å². The first kappa shape index (κ1) is 8.97. The van der Waals surface area contributed by atoms with E-state index in [-0.39, 0.29) is 5.75 Å². The van der Waals surface area contributed by atoms with Gasteiger partial charge in [-0.2, -0.15) is 0 Å². The first-order valence-corrected chi connectivity index (χ1v) is 3.60. The molecule has 1 rings (SSSR count). The van der Waals surface area contributed by atoms with E-state index < -0.39 is 12.7 Å². The molecule has 3 heteroatoms. The maximum Gasteiger partial charge on any atom is 0.228 e. The summed E-state index contributed by atoms with van der Waals surface area (Å²) >= 11 is 0. The number of alkyl halides is 1. The van der Waals surface area contributed by atoms with Gasteiger partial charge in [-0.15, -0.1) is 0 Å². The minimum absolute atomic E-state index is 0.00287. The molecule has 0 bridgehead atoms. The minimum Gasteiger partial charge on any atom is -0.460 e. The van der Waals surface area contributed by atoms with Crippen molar-refractivity contribution in [2.45, 2.75) is 13.8 Å². The lowest BCUT2D eigenvalue weighted by Crippen LogP contribution is -1.96. The van der Waals surface area contributed by atoms with Crippen LogP contribution in [0.1, 0.15) is 11.1 Å². The lowest BCUT2D eigenvalue weighted by Gasteiger charge is -2.07. The molecule has 1 nitrogen and oxygen atoms in total. The molecule has 0 aromatic heterocycles. The topological polar surface area (TPSA) is 9.23 Å². The summed E-state index contributed by atoms with van der Waals surface area (Å²) < 4.78 is 29.2. The molecule has 0 unspecified atom stereocenters. The van der Waals surface area contributed by atoms with E-state index in [9.17, 15) is 8.78 Å². The van der Waals surface area contributed by atoms with Crippen LogP contribution in [0.4, 0.5) is 8.78 Å². The molecule has 0 aliphatic carbocycles. The van der Waals surface area contributed by atoms with Crippen LogP contribution < -0.4 is 4.74 Å². The van der Waals surface area contributed by atoms with E-state index in [1.807, 2.05) is 0 Å². The first-order chi connectivity index (χ1) is 5.65. The average molecular weight is 172 g/mol. The molecule has 0 amide bonds. The second-order valence-corrected chi connectivity index (χ2v) is 2.65. The SMILES string of the molecule is Cc1cc(C)c(OCF)c(F)c1. The number of halogens is 2. The Morgan fingerprint density at radius 2 is 2.00 bits per heavy atom. The van der Waals surface area contributed by atoms with Crippen LogP contribution in [0.5, 0.6) is 5.75 Å². The van der Waals surface area contributed by atoms with Crippen molar-refractivity contribution in [3.05, 3.63) is 29.1 Å². The van der Waals surface area contributed by atoms with Gasteiger partial charge in [-0.25, -0.2) is 8.78 Å². The van der Waals surface area contributed by atoms with Crippen molar-refractivity contribution in [2.75, 3.05) is 6.86 Å². The molecular weight excluding hydrogens is 162 g/mol. The van der Waals surface area contributed by atoms with Crippen LogP contribution >= 0.6 is 0 Å². The molecule has 12 heavy (non-hydrogen) atoms. The van der Waals surface area contributed by atoms with Gasteiger partial charge in [0.15, 0.2) is 11.6 Å². The van der Waals surface area contributed by atoms with Crippen LogP contribution in [0.3, 0.4) is 0 Å². The summed E-state index contributed by atoms with van der Waals surface area (Å²) in [6, 6.07) is 3.06.